The van der Waals surface area contributed by atoms with Crippen molar-refractivity contribution in [2.75, 3.05) is 12.4 Å². The maximum Gasteiger partial charge on any atom is 0.270 e. The lowest BCUT2D eigenvalue weighted by atomic mass is 9.91. The molecule has 2 aromatic carbocycles. The van der Waals surface area contributed by atoms with Crippen molar-refractivity contribution in [2.45, 2.75) is 51.9 Å². The Labute approximate surface area is 201 Å². The van der Waals surface area contributed by atoms with Crippen molar-refractivity contribution in [3.8, 4) is 11.6 Å². The summed E-state index contributed by atoms with van der Waals surface area (Å²) in [6.45, 7) is 11.8. The minimum Gasteiger partial charge on any atom is -0.438 e. The molecule has 1 heterocycles. The first kappa shape index (κ1) is 25.2. The standard InChI is InChI=1S/C26H31N3O4S/c1-16-13-17(2)23(18(3)14-16)33-25-21(11-12-22(28-25)26(4,5)6)24(30)29-34(31,32)20-10-8-9-19(15-20)27-7/h8-15,27H,1-7H3,(H,29,30). The highest BCUT2D eigenvalue weighted by Crippen LogP contribution is 2.33. The highest BCUT2D eigenvalue weighted by Gasteiger charge is 2.25. The van der Waals surface area contributed by atoms with Gasteiger partial charge in [-0.05, 0) is 62.2 Å². The van der Waals surface area contributed by atoms with E-state index >= 15 is 0 Å². The number of rotatable bonds is 6. The minimum atomic E-state index is -4.11. The lowest BCUT2D eigenvalue weighted by Gasteiger charge is -2.21. The van der Waals surface area contributed by atoms with Crippen LogP contribution in [0.25, 0.3) is 0 Å². The topological polar surface area (TPSA) is 97.4 Å². The van der Waals surface area contributed by atoms with Crippen LogP contribution in [0.1, 0.15) is 53.5 Å². The average Bonchev–Trinajstić information content (AvgIpc) is 2.75. The summed E-state index contributed by atoms with van der Waals surface area (Å²) in [7, 11) is -2.43. The molecule has 0 fully saturated rings. The number of anilines is 1. The average molecular weight is 482 g/mol. The van der Waals surface area contributed by atoms with E-state index < -0.39 is 15.9 Å². The SMILES string of the molecule is CNc1cccc(S(=O)(=O)NC(=O)c2ccc(C(C)(C)C)nc2Oc2c(C)cc(C)cc2C)c1. The van der Waals surface area contributed by atoms with E-state index in [-0.39, 0.29) is 21.8 Å². The van der Waals surface area contributed by atoms with E-state index in [4.69, 9.17) is 4.74 Å². The molecule has 3 aromatic rings. The Morgan fingerprint density at radius 2 is 1.62 bits per heavy atom. The lowest BCUT2D eigenvalue weighted by molar-refractivity contribution is 0.0978. The number of nitrogens with one attached hydrogen (secondary N) is 2. The van der Waals surface area contributed by atoms with Gasteiger partial charge in [-0.2, -0.15) is 0 Å². The zero-order valence-electron chi connectivity index (χ0n) is 20.6. The molecule has 180 valence electrons. The Morgan fingerprint density at radius 1 is 0.971 bits per heavy atom. The Morgan fingerprint density at radius 3 is 2.21 bits per heavy atom. The summed E-state index contributed by atoms with van der Waals surface area (Å²) in [4.78, 5) is 17.7. The van der Waals surface area contributed by atoms with Gasteiger partial charge in [0, 0.05) is 23.8 Å². The van der Waals surface area contributed by atoms with Crippen molar-refractivity contribution in [3.05, 3.63) is 76.5 Å². The smallest absolute Gasteiger partial charge is 0.270 e. The highest BCUT2D eigenvalue weighted by atomic mass is 32.2. The molecule has 0 aliphatic heterocycles. The molecule has 0 aliphatic carbocycles. The zero-order chi connectivity index (χ0) is 25.3. The van der Waals surface area contributed by atoms with E-state index in [0.717, 1.165) is 16.7 Å². The summed E-state index contributed by atoms with van der Waals surface area (Å²) in [5.74, 6) is -0.179. The molecule has 0 radical (unpaired) electrons. The predicted molar refractivity (Wildman–Crippen MR) is 134 cm³/mol. The first-order chi connectivity index (χ1) is 15.8. The van der Waals surface area contributed by atoms with Crippen LogP contribution in [0.3, 0.4) is 0 Å². The second-order valence-electron chi connectivity index (χ2n) is 9.34. The van der Waals surface area contributed by atoms with Crippen molar-refractivity contribution >= 4 is 21.6 Å². The maximum atomic E-state index is 13.2. The minimum absolute atomic E-state index is 0.0281. The van der Waals surface area contributed by atoms with Gasteiger partial charge in [0.25, 0.3) is 15.9 Å². The van der Waals surface area contributed by atoms with Crippen LogP contribution in [0.15, 0.2) is 53.4 Å². The second-order valence-corrected chi connectivity index (χ2v) is 11.0. The molecule has 1 amide bonds. The Hall–Kier alpha value is -3.39. The Kier molecular flexibility index (Phi) is 7.02. The van der Waals surface area contributed by atoms with E-state index in [1.54, 1.807) is 31.3 Å². The van der Waals surface area contributed by atoms with E-state index in [2.05, 4.69) is 15.0 Å². The van der Waals surface area contributed by atoms with Gasteiger partial charge >= 0.3 is 0 Å². The van der Waals surface area contributed by atoms with Crippen molar-refractivity contribution in [3.63, 3.8) is 0 Å². The van der Waals surface area contributed by atoms with Crippen LogP contribution in [0.5, 0.6) is 11.6 Å². The van der Waals surface area contributed by atoms with E-state index in [9.17, 15) is 13.2 Å². The largest absolute Gasteiger partial charge is 0.438 e. The molecule has 1 aromatic heterocycles. The number of carbonyl (C=O) groups is 1. The van der Waals surface area contributed by atoms with Crippen molar-refractivity contribution in [1.29, 1.82) is 0 Å². The first-order valence-electron chi connectivity index (χ1n) is 10.9. The number of benzene rings is 2. The van der Waals surface area contributed by atoms with Gasteiger partial charge in [0.2, 0.25) is 5.88 Å². The van der Waals surface area contributed by atoms with Gasteiger partial charge < -0.3 is 10.1 Å². The molecule has 2 N–H and O–H groups in total. The summed E-state index contributed by atoms with van der Waals surface area (Å²) in [6, 6.07) is 13.4. The molecule has 0 saturated heterocycles. The maximum absolute atomic E-state index is 13.2. The lowest BCUT2D eigenvalue weighted by Crippen LogP contribution is -2.31. The molecule has 0 spiro atoms. The fourth-order valence-corrected chi connectivity index (χ4v) is 4.60. The fraction of sp³-hybridized carbons (Fsp3) is 0.308. The molecule has 0 saturated carbocycles. The number of amides is 1. The quantitative estimate of drug-likeness (QED) is 0.499. The summed E-state index contributed by atoms with van der Waals surface area (Å²) < 4.78 is 34.1. The molecule has 7 nitrogen and oxygen atoms in total. The van der Waals surface area contributed by atoms with Crippen molar-refractivity contribution in [2.24, 2.45) is 0 Å². The summed E-state index contributed by atoms with van der Waals surface area (Å²) >= 11 is 0. The van der Waals surface area contributed by atoms with Crippen LogP contribution in [-0.4, -0.2) is 26.4 Å². The molecule has 3 rings (SSSR count). The molecule has 0 aliphatic rings. The number of pyridine rings is 1. The molecule has 0 bridgehead atoms. The first-order valence-corrected chi connectivity index (χ1v) is 12.4. The number of aromatic nitrogens is 1. The number of hydrogen-bond acceptors (Lipinski definition) is 6. The van der Waals surface area contributed by atoms with Crippen LogP contribution in [0, 0.1) is 20.8 Å². The number of ether oxygens (including phenoxy) is 1. The van der Waals surface area contributed by atoms with E-state index in [0.29, 0.717) is 17.1 Å². The Bertz CT molecular complexity index is 1320. The number of aryl methyl sites for hydroxylation is 3. The van der Waals surface area contributed by atoms with Crippen LogP contribution < -0.4 is 14.8 Å². The van der Waals surface area contributed by atoms with Crippen LogP contribution in [-0.2, 0) is 15.4 Å². The van der Waals surface area contributed by atoms with Crippen molar-refractivity contribution < 1.29 is 17.9 Å². The number of hydrogen-bond donors (Lipinski definition) is 2. The normalized spacial score (nSPS) is 11.7. The van der Waals surface area contributed by atoms with Gasteiger partial charge in [0.15, 0.2) is 0 Å². The van der Waals surface area contributed by atoms with Gasteiger partial charge in [0.05, 0.1) is 4.90 Å². The van der Waals surface area contributed by atoms with Crippen LogP contribution >= 0.6 is 0 Å². The van der Waals surface area contributed by atoms with E-state index in [1.165, 1.54) is 12.1 Å². The second kappa shape index (κ2) is 9.46. The predicted octanol–water partition coefficient (Wildman–Crippen LogP) is 5.26. The van der Waals surface area contributed by atoms with Gasteiger partial charge in [0.1, 0.15) is 11.3 Å². The van der Waals surface area contributed by atoms with Gasteiger partial charge in [-0.3, -0.25) is 4.79 Å². The Balaban J connectivity index is 2.04. The van der Waals surface area contributed by atoms with E-state index in [1.807, 2.05) is 53.7 Å². The molecule has 0 atom stereocenters. The fourth-order valence-electron chi connectivity index (χ4n) is 3.59. The van der Waals surface area contributed by atoms with Gasteiger partial charge in [-0.25, -0.2) is 18.1 Å². The number of nitrogens with zero attached hydrogens (tertiary/aromatic N) is 1. The van der Waals surface area contributed by atoms with Gasteiger partial charge in [-0.15, -0.1) is 0 Å². The highest BCUT2D eigenvalue weighted by molar-refractivity contribution is 7.90. The van der Waals surface area contributed by atoms with Crippen LogP contribution in [0.4, 0.5) is 5.69 Å². The number of carbonyl (C=O) groups excluding carboxylic acids is 1. The molecule has 0 unspecified atom stereocenters. The third kappa shape index (κ3) is 5.56. The monoisotopic (exact) mass is 481 g/mol. The summed E-state index contributed by atoms with van der Waals surface area (Å²) in [6.07, 6.45) is 0. The third-order valence-electron chi connectivity index (χ3n) is 5.34. The molecule has 8 heteroatoms. The van der Waals surface area contributed by atoms with Gasteiger partial charge in [-0.1, -0.05) is 44.5 Å². The molecule has 34 heavy (non-hydrogen) atoms. The zero-order valence-corrected chi connectivity index (χ0v) is 21.4. The van der Waals surface area contributed by atoms with Crippen LogP contribution in [0.2, 0.25) is 0 Å². The van der Waals surface area contributed by atoms with Crippen molar-refractivity contribution in [1.82, 2.24) is 9.71 Å². The summed E-state index contributed by atoms with van der Waals surface area (Å²) in [5.41, 5.74) is 3.93. The third-order valence-corrected chi connectivity index (χ3v) is 6.67. The molecular formula is C26H31N3O4S. The molecular weight excluding hydrogens is 450 g/mol. The summed E-state index contributed by atoms with van der Waals surface area (Å²) in [5, 5.41) is 2.89. The number of sulfonamides is 1.